The van der Waals surface area contributed by atoms with E-state index in [1.807, 2.05) is 4.90 Å². The van der Waals surface area contributed by atoms with Crippen LogP contribution >= 0.6 is 27.3 Å². The molecule has 1 amide bonds. The first-order valence-corrected chi connectivity index (χ1v) is 7.56. The highest BCUT2D eigenvalue weighted by Gasteiger charge is 2.21. The SMILES string of the molecule is CC(CN1CCCC1=O)NCc1cc(Br)cs1. The average molecular weight is 317 g/mol. The molecule has 3 nitrogen and oxygen atoms in total. The standard InChI is InChI=1S/C12H17BrN2OS/c1-9(7-15-4-2-3-12(15)16)14-6-11-5-10(13)8-17-11/h5,8-9,14H,2-4,6-7H2,1H3. The highest BCUT2D eigenvalue weighted by Crippen LogP contribution is 2.19. The van der Waals surface area contributed by atoms with Gasteiger partial charge in [-0.15, -0.1) is 11.3 Å². The second-order valence-corrected chi connectivity index (χ2v) is 6.37. The van der Waals surface area contributed by atoms with Crippen LogP contribution in [-0.2, 0) is 11.3 Å². The molecule has 5 heteroatoms. The Hall–Kier alpha value is -0.390. The van der Waals surface area contributed by atoms with Crippen molar-refractivity contribution < 1.29 is 4.79 Å². The largest absolute Gasteiger partial charge is 0.341 e. The van der Waals surface area contributed by atoms with Crippen molar-refractivity contribution in [2.45, 2.75) is 32.4 Å². The molecule has 1 N–H and O–H groups in total. The zero-order valence-corrected chi connectivity index (χ0v) is 12.3. The van der Waals surface area contributed by atoms with Crippen LogP contribution in [0.15, 0.2) is 15.9 Å². The fourth-order valence-corrected chi connectivity index (χ4v) is 3.42. The zero-order chi connectivity index (χ0) is 12.3. The molecule has 0 bridgehead atoms. The van der Waals surface area contributed by atoms with Crippen LogP contribution < -0.4 is 5.32 Å². The number of nitrogens with zero attached hydrogens (tertiary/aromatic N) is 1. The summed E-state index contributed by atoms with van der Waals surface area (Å²) in [5.74, 6) is 0.303. The number of carbonyl (C=O) groups excluding carboxylic acids is 1. The third-order valence-corrected chi connectivity index (χ3v) is 4.61. The molecule has 1 aliphatic rings. The van der Waals surface area contributed by atoms with Gasteiger partial charge in [0, 0.05) is 46.8 Å². The molecular weight excluding hydrogens is 300 g/mol. The first-order chi connectivity index (χ1) is 8.15. The van der Waals surface area contributed by atoms with Gasteiger partial charge in [0.25, 0.3) is 0 Å². The molecule has 1 aliphatic heterocycles. The van der Waals surface area contributed by atoms with Crippen molar-refractivity contribution in [2.24, 2.45) is 0 Å². The average Bonchev–Trinajstić information content (AvgIpc) is 2.86. The van der Waals surface area contributed by atoms with E-state index in [0.29, 0.717) is 11.9 Å². The molecule has 1 fully saturated rings. The maximum absolute atomic E-state index is 11.5. The van der Waals surface area contributed by atoms with Crippen molar-refractivity contribution in [2.75, 3.05) is 13.1 Å². The lowest BCUT2D eigenvalue weighted by Crippen LogP contribution is -2.39. The molecule has 0 saturated carbocycles. The van der Waals surface area contributed by atoms with E-state index in [1.165, 1.54) is 4.88 Å². The van der Waals surface area contributed by atoms with Crippen LogP contribution in [-0.4, -0.2) is 29.9 Å². The topological polar surface area (TPSA) is 32.3 Å². The summed E-state index contributed by atoms with van der Waals surface area (Å²) in [6.45, 7) is 4.76. The molecule has 1 unspecified atom stereocenters. The van der Waals surface area contributed by atoms with Gasteiger partial charge in [0.2, 0.25) is 5.91 Å². The van der Waals surface area contributed by atoms with Gasteiger partial charge in [0.15, 0.2) is 0 Å². The van der Waals surface area contributed by atoms with Gasteiger partial charge in [-0.25, -0.2) is 0 Å². The number of rotatable bonds is 5. The fraction of sp³-hybridized carbons (Fsp3) is 0.583. The lowest BCUT2D eigenvalue weighted by atomic mass is 10.3. The third-order valence-electron chi connectivity index (χ3n) is 2.91. The van der Waals surface area contributed by atoms with E-state index >= 15 is 0 Å². The maximum atomic E-state index is 11.5. The highest BCUT2D eigenvalue weighted by molar-refractivity contribution is 9.10. The predicted octanol–water partition coefficient (Wildman–Crippen LogP) is 2.61. The Morgan fingerprint density at radius 2 is 2.47 bits per heavy atom. The minimum Gasteiger partial charge on any atom is -0.341 e. The van der Waals surface area contributed by atoms with Crippen molar-refractivity contribution in [3.05, 3.63) is 20.8 Å². The minimum absolute atomic E-state index is 0.303. The summed E-state index contributed by atoms with van der Waals surface area (Å²) in [4.78, 5) is 14.8. The van der Waals surface area contributed by atoms with Gasteiger partial charge in [-0.2, -0.15) is 0 Å². The molecular formula is C12H17BrN2OS. The summed E-state index contributed by atoms with van der Waals surface area (Å²) < 4.78 is 1.14. The molecule has 0 radical (unpaired) electrons. The van der Waals surface area contributed by atoms with E-state index in [-0.39, 0.29) is 0 Å². The molecule has 1 saturated heterocycles. The van der Waals surface area contributed by atoms with E-state index in [1.54, 1.807) is 11.3 Å². The molecule has 1 aromatic rings. The summed E-state index contributed by atoms with van der Waals surface area (Å²) in [5, 5.41) is 5.54. The molecule has 0 spiro atoms. The summed E-state index contributed by atoms with van der Waals surface area (Å²) >= 11 is 5.19. The Labute approximate surface area is 114 Å². The molecule has 94 valence electrons. The smallest absolute Gasteiger partial charge is 0.222 e. The molecule has 0 aliphatic carbocycles. The van der Waals surface area contributed by atoms with Crippen molar-refractivity contribution in [3.8, 4) is 0 Å². The summed E-state index contributed by atoms with van der Waals surface area (Å²) in [6.07, 6.45) is 1.74. The Bertz CT molecular complexity index is 394. The first kappa shape index (κ1) is 13.1. The normalized spacial score (nSPS) is 17.8. The number of amides is 1. The molecule has 1 aromatic heterocycles. The summed E-state index contributed by atoms with van der Waals surface area (Å²) in [7, 11) is 0. The highest BCUT2D eigenvalue weighted by atomic mass is 79.9. The van der Waals surface area contributed by atoms with Crippen LogP contribution in [0.1, 0.15) is 24.6 Å². The van der Waals surface area contributed by atoms with Gasteiger partial charge in [0.05, 0.1) is 0 Å². The van der Waals surface area contributed by atoms with Crippen LogP contribution in [0.2, 0.25) is 0 Å². The van der Waals surface area contributed by atoms with E-state index in [4.69, 9.17) is 0 Å². The molecule has 2 rings (SSSR count). The van der Waals surface area contributed by atoms with Crippen molar-refractivity contribution in [1.82, 2.24) is 10.2 Å². The number of hydrogen-bond acceptors (Lipinski definition) is 3. The number of carbonyl (C=O) groups is 1. The van der Waals surface area contributed by atoms with Crippen LogP contribution in [0.25, 0.3) is 0 Å². The quantitative estimate of drug-likeness (QED) is 0.905. The van der Waals surface area contributed by atoms with E-state index < -0.39 is 0 Å². The maximum Gasteiger partial charge on any atom is 0.222 e. The number of halogens is 1. The fourth-order valence-electron chi connectivity index (χ4n) is 2.01. The predicted molar refractivity (Wildman–Crippen MR) is 74.1 cm³/mol. The molecule has 17 heavy (non-hydrogen) atoms. The van der Waals surface area contributed by atoms with Gasteiger partial charge in [-0.1, -0.05) is 0 Å². The number of likely N-dealkylation sites (tertiary alicyclic amines) is 1. The number of hydrogen-bond donors (Lipinski definition) is 1. The van der Waals surface area contributed by atoms with E-state index in [2.05, 4.69) is 39.6 Å². The van der Waals surface area contributed by atoms with E-state index in [9.17, 15) is 4.79 Å². The van der Waals surface area contributed by atoms with Crippen molar-refractivity contribution in [3.63, 3.8) is 0 Å². The summed E-state index contributed by atoms with van der Waals surface area (Å²) in [6, 6.07) is 2.48. The Morgan fingerprint density at radius 3 is 3.06 bits per heavy atom. The Balaban J connectivity index is 1.73. The second kappa shape index (κ2) is 5.98. The zero-order valence-electron chi connectivity index (χ0n) is 9.91. The van der Waals surface area contributed by atoms with Gasteiger partial charge in [-0.3, -0.25) is 4.79 Å². The van der Waals surface area contributed by atoms with Crippen LogP contribution in [0.3, 0.4) is 0 Å². The monoisotopic (exact) mass is 316 g/mol. The molecule has 2 heterocycles. The number of nitrogens with one attached hydrogen (secondary N) is 1. The Kier molecular flexibility index (Phi) is 4.59. The van der Waals surface area contributed by atoms with Gasteiger partial charge in [-0.05, 0) is 35.3 Å². The van der Waals surface area contributed by atoms with Crippen molar-refractivity contribution in [1.29, 1.82) is 0 Å². The first-order valence-electron chi connectivity index (χ1n) is 5.89. The third kappa shape index (κ3) is 3.79. The van der Waals surface area contributed by atoms with Gasteiger partial charge in [0.1, 0.15) is 0 Å². The lowest BCUT2D eigenvalue weighted by Gasteiger charge is -2.21. The van der Waals surface area contributed by atoms with Crippen LogP contribution in [0, 0.1) is 0 Å². The number of thiophene rings is 1. The second-order valence-electron chi connectivity index (χ2n) is 4.46. The molecule has 0 aromatic carbocycles. The van der Waals surface area contributed by atoms with Gasteiger partial charge < -0.3 is 10.2 Å². The molecule has 1 atom stereocenters. The van der Waals surface area contributed by atoms with Crippen molar-refractivity contribution >= 4 is 33.2 Å². The van der Waals surface area contributed by atoms with Crippen LogP contribution in [0.5, 0.6) is 0 Å². The Morgan fingerprint density at radius 1 is 1.65 bits per heavy atom. The van der Waals surface area contributed by atoms with Gasteiger partial charge >= 0.3 is 0 Å². The lowest BCUT2D eigenvalue weighted by molar-refractivity contribution is -0.127. The van der Waals surface area contributed by atoms with Crippen LogP contribution in [0.4, 0.5) is 0 Å². The summed E-state index contributed by atoms with van der Waals surface area (Å²) in [5.41, 5.74) is 0. The van der Waals surface area contributed by atoms with E-state index in [0.717, 1.165) is 36.9 Å². The minimum atomic E-state index is 0.303.